The fourth-order valence-electron chi connectivity index (χ4n) is 3.23. The second kappa shape index (κ2) is 7.67. The lowest BCUT2D eigenvalue weighted by molar-refractivity contribution is -0.132. The molecule has 0 saturated heterocycles. The van der Waals surface area contributed by atoms with Crippen LogP contribution in [0.15, 0.2) is 59.0 Å². The van der Waals surface area contributed by atoms with Gasteiger partial charge in [0, 0.05) is 5.56 Å². The van der Waals surface area contributed by atoms with E-state index in [0.717, 1.165) is 18.4 Å². The molecule has 0 saturated carbocycles. The predicted molar refractivity (Wildman–Crippen MR) is 93.4 cm³/mol. The van der Waals surface area contributed by atoms with Gasteiger partial charge in [-0.1, -0.05) is 32.6 Å². The van der Waals surface area contributed by atoms with E-state index in [1.807, 2.05) is 6.08 Å². The van der Waals surface area contributed by atoms with Crippen LogP contribution >= 0.6 is 0 Å². The summed E-state index contributed by atoms with van der Waals surface area (Å²) < 4.78 is 5.07. The van der Waals surface area contributed by atoms with Crippen molar-refractivity contribution in [3.8, 4) is 0 Å². The summed E-state index contributed by atoms with van der Waals surface area (Å²) in [5.41, 5.74) is 1.63. The highest BCUT2D eigenvalue weighted by molar-refractivity contribution is 5.91. The maximum Gasteiger partial charge on any atom is 0.335 e. The number of carbonyl (C=O) groups is 1. The summed E-state index contributed by atoms with van der Waals surface area (Å²) in [6, 6.07) is 1.79. The van der Waals surface area contributed by atoms with Crippen LogP contribution in [0.4, 0.5) is 0 Å². The van der Waals surface area contributed by atoms with Gasteiger partial charge in [-0.25, -0.2) is 4.79 Å². The van der Waals surface area contributed by atoms with E-state index in [9.17, 15) is 15.0 Å². The Balaban J connectivity index is 2.20. The molecule has 1 aliphatic rings. The highest BCUT2D eigenvalue weighted by Gasteiger charge is 2.33. The minimum Gasteiger partial charge on any atom is -0.478 e. The van der Waals surface area contributed by atoms with Gasteiger partial charge >= 0.3 is 5.97 Å². The lowest BCUT2D eigenvalue weighted by Crippen LogP contribution is -2.28. The van der Waals surface area contributed by atoms with E-state index >= 15 is 0 Å². The van der Waals surface area contributed by atoms with Crippen molar-refractivity contribution in [1.29, 1.82) is 0 Å². The largest absolute Gasteiger partial charge is 0.478 e. The first kappa shape index (κ1) is 18.3. The number of aliphatic hydroxyl groups excluding tert-OH is 1. The fraction of sp³-hybridized carbons (Fsp3) is 0.450. The standard InChI is InChI=1S/C20H26O4/c1-14-7-8-15(2)20(3,10-5-4-6-17(14)19(22)23)12-18(21)16-9-11-24-13-16/h4-6,9,11,13,15,18,21H,1,7-8,10,12H2,2-3H3,(H,22,23)/b5-4-,17-6+/t15-,18-,20-/m1/s1. The molecule has 0 aromatic carbocycles. The minimum atomic E-state index is -0.934. The first-order chi connectivity index (χ1) is 11.3. The highest BCUT2D eigenvalue weighted by atomic mass is 16.4. The number of carboxylic acid groups (broad SMARTS) is 1. The van der Waals surface area contributed by atoms with Gasteiger partial charge in [0.05, 0.1) is 24.2 Å². The van der Waals surface area contributed by atoms with E-state index in [1.54, 1.807) is 30.7 Å². The Labute approximate surface area is 143 Å². The van der Waals surface area contributed by atoms with Crippen LogP contribution < -0.4 is 0 Å². The first-order valence-corrected chi connectivity index (χ1v) is 8.32. The predicted octanol–water partition coefficient (Wildman–Crippen LogP) is 4.65. The van der Waals surface area contributed by atoms with Crippen molar-refractivity contribution in [1.82, 2.24) is 0 Å². The van der Waals surface area contributed by atoms with Crippen LogP contribution in [0.2, 0.25) is 0 Å². The zero-order valence-corrected chi connectivity index (χ0v) is 14.4. The van der Waals surface area contributed by atoms with E-state index in [0.29, 0.717) is 24.3 Å². The molecule has 3 atom stereocenters. The van der Waals surface area contributed by atoms with Gasteiger partial charge in [-0.15, -0.1) is 0 Å². The quantitative estimate of drug-likeness (QED) is 0.843. The van der Waals surface area contributed by atoms with Gasteiger partial charge in [-0.3, -0.25) is 0 Å². The number of allylic oxidation sites excluding steroid dienone is 3. The molecule has 0 aliphatic heterocycles. The third kappa shape index (κ3) is 4.26. The van der Waals surface area contributed by atoms with Gasteiger partial charge < -0.3 is 14.6 Å². The maximum absolute atomic E-state index is 11.3. The molecule has 24 heavy (non-hydrogen) atoms. The summed E-state index contributed by atoms with van der Waals surface area (Å²) in [7, 11) is 0. The molecule has 0 fully saturated rings. The highest BCUT2D eigenvalue weighted by Crippen LogP contribution is 2.43. The SMILES string of the molecule is C=C1CC[C@@H](C)[C@@](C)(C[C@@H](O)c2ccoc2)C/C=C\C=C/1C(=O)O. The Kier molecular flexibility index (Phi) is 5.84. The normalized spacial score (nSPS) is 30.2. The Bertz CT molecular complexity index is 639. The first-order valence-electron chi connectivity index (χ1n) is 8.32. The fourth-order valence-corrected chi connectivity index (χ4v) is 3.23. The summed E-state index contributed by atoms with van der Waals surface area (Å²) in [5, 5.41) is 19.8. The second-order valence-corrected chi connectivity index (χ2v) is 6.99. The third-order valence-corrected chi connectivity index (χ3v) is 5.25. The molecule has 130 valence electrons. The Morgan fingerprint density at radius 3 is 2.92 bits per heavy atom. The number of carboxylic acids is 1. The summed E-state index contributed by atoms with van der Waals surface area (Å²) in [6.45, 7) is 8.27. The molecule has 4 nitrogen and oxygen atoms in total. The molecule has 2 N–H and O–H groups in total. The number of aliphatic hydroxyl groups is 1. The van der Waals surface area contributed by atoms with Crippen LogP contribution in [0.25, 0.3) is 0 Å². The van der Waals surface area contributed by atoms with Crippen molar-refractivity contribution in [2.45, 2.75) is 45.6 Å². The topological polar surface area (TPSA) is 70.7 Å². The van der Waals surface area contributed by atoms with E-state index in [-0.39, 0.29) is 11.0 Å². The molecule has 0 amide bonds. The summed E-state index contributed by atoms with van der Waals surface area (Å²) in [5.74, 6) is -0.621. The van der Waals surface area contributed by atoms with Crippen molar-refractivity contribution in [2.24, 2.45) is 11.3 Å². The van der Waals surface area contributed by atoms with Crippen LogP contribution in [0.3, 0.4) is 0 Å². The van der Waals surface area contributed by atoms with Crippen molar-refractivity contribution in [3.05, 3.63) is 60.1 Å². The number of rotatable bonds is 4. The molecule has 1 heterocycles. The molecule has 0 bridgehead atoms. The molecule has 0 spiro atoms. The van der Waals surface area contributed by atoms with E-state index < -0.39 is 12.1 Å². The van der Waals surface area contributed by atoms with Gasteiger partial charge in [-0.2, -0.15) is 0 Å². The van der Waals surface area contributed by atoms with Gasteiger partial charge in [0.1, 0.15) is 0 Å². The third-order valence-electron chi connectivity index (χ3n) is 5.25. The van der Waals surface area contributed by atoms with Gasteiger partial charge in [0.2, 0.25) is 0 Å². The molecule has 0 unspecified atom stereocenters. The van der Waals surface area contributed by atoms with E-state index in [4.69, 9.17) is 4.42 Å². The Morgan fingerprint density at radius 1 is 1.54 bits per heavy atom. The Morgan fingerprint density at radius 2 is 2.29 bits per heavy atom. The number of furan rings is 1. The summed E-state index contributed by atoms with van der Waals surface area (Å²) >= 11 is 0. The average Bonchev–Trinajstić information content (AvgIpc) is 3.05. The lowest BCUT2D eigenvalue weighted by Gasteiger charge is -2.37. The molecule has 1 aromatic heterocycles. The molecule has 1 aromatic rings. The average molecular weight is 330 g/mol. The molecule has 4 heteroatoms. The zero-order valence-electron chi connectivity index (χ0n) is 14.4. The van der Waals surface area contributed by atoms with Gasteiger partial charge in [0.15, 0.2) is 0 Å². The second-order valence-electron chi connectivity index (χ2n) is 6.99. The zero-order chi connectivity index (χ0) is 17.7. The smallest absolute Gasteiger partial charge is 0.335 e. The van der Waals surface area contributed by atoms with Crippen LogP contribution in [0.1, 0.15) is 51.2 Å². The van der Waals surface area contributed by atoms with Crippen LogP contribution in [0, 0.1) is 11.3 Å². The molecule has 1 aliphatic carbocycles. The summed E-state index contributed by atoms with van der Waals surface area (Å²) in [6.07, 6.45) is 10.9. The van der Waals surface area contributed by atoms with Crippen LogP contribution in [0.5, 0.6) is 0 Å². The summed E-state index contributed by atoms with van der Waals surface area (Å²) in [4.78, 5) is 11.3. The van der Waals surface area contributed by atoms with Gasteiger partial charge in [0.25, 0.3) is 0 Å². The Hall–Kier alpha value is -2.07. The van der Waals surface area contributed by atoms with Crippen molar-refractivity contribution in [2.75, 3.05) is 0 Å². The van der Waals surface area contributed by atoms with Crippen molar-refractivity contribution < 1.29 is 19.4 Å². The van der Waals surface area contributed by atoms with Crippen molar-refractivity contribution in [3.63, 3.8) is 0 Å². The minimum absolute atomic E-state index is 0.0952. The van der Waals surface area contributed by atoms with E-state index in [2.05, 4.69) is 20.4 Å². The number of hydrogen-bond donors (Lipinski definition) is 2. The van der Waals surface area contributed by atoms with Crippen molar-refractivity contribution >= 4 is 5.97 Å². The molecule has 2 rings (SSSR count). The van der Waals surface area contributed by atoms with Crippen LogP contribution in [-0.2, 0) is 4.79 Å². The monoisotopic (exact) mass is 330 g/mol. The molecule has 0 radical (unpaired) electrons. The van der Waals surface area contributed by atoms with E-state index in [1.165, 1.54) is 0 Å². The van der Waals surface area contributed by atoms with Gasteiger partial charge in [-0.05, 0) is 54.7 Å². The lowest BCUT2D eigenvalue weighted by atomic mass is 9.68. The molecular weight excluding hydrogens is 304 g/mol. The number of hydrogen-bond acceptors (Lipinski definition) is 3. The maximum atomic E-state index is 11.3. The molecular formula is C20H26O4. The van der Waals surface area contributed by atoms with Crippen LogP contribution in [-0.4, -0.2) is 16.2 Å². The number of aliphatic carboxylic acids is 1.